The lowest BCUT2D eigenvalue weighted by Crippen LogP contribution is -2.45. The Morgan fingerprint density at radius 1 is 1.20 bits per heavy atom. The van der Waals surface area contributed by atoms with E-state index in [4.69, 9.17) is 11.6 Å². The summed E-state index contributed by atoms with van der Waals surface area (Å²) < 4.78 is 0. The largest absolute Gasteiger partial charge is 0.290 e. The van der Waals surface area contributed by atoms with Crippen LogP contribution in [0.25, 0.3) is 0 Å². The first-order valence-electron chi connectivity index (χ1n) is 6.61. The van der Waals surface area contributed by atoms with Gasteiger partial charge in [0.15, 0.2) is 0 Å². The number of nitrogens with zero attached hydrogens (tertiary/aromatic N) is 2. The number of carbonyl (C=O) groups excluding carboxylic acids is 2. The van der Waals surface area contributed by atoms with Gasteiger partial charge in [0.05, 0.1) is 18.2 Å². The molecule has 20 heavy (non-hydrogen) atoms. The van der Waals surface area contributed by atoms with Gasteiger partial charge < -0.3 is 0 Å². The van der Waals surface area contributed by atoms with Crippen LogP contribution in [0, 0.1) is 0 Å². The number of benzene rings is 1. The number of imide groups is 1. The fourth-order valence-electron chi connectivity index (χ4n) is 2.68. The Morgan fingerprint density at radius 3 is 2.65 bits per heavy atom. The number of rotatable bonds is 2. The first-order valence-corrected chi connectivity index (χ1v) is 8.14. The fourth-order valence-corrected chi connectivity index (χ4v) is 3.79. The molecule has 0 radical (unpaired) electrons. The van der Waals surface area contributed by atoms with Crippen molar-refractivity contribution in [2.75, 3.05) is 29.5 Å². The number of hydrogen-bond acceptors (Lipinski definition) is 4. The van der Waals surface area contributed by atoms with E-state index in [1.165, 1.54) is 4.90 Å². The molecule has 2 heterocycles. The molecule has 0 aliphatic carbocycles. The maximum Gasteiger partial charge on any atom is 0.251 e. The summed E-state index contributed by atoms with van der Waals surface area (Å²) in [7, 11) is 0. The molecule has 2 amide bonds. The van der Waals surface area contributed by atoms with Crippen LogP contribution in [-0.4, -0.2) is 47.4 Å². The quantitative estimate of drug-likeness (QED) is 0.784. The predicted molar refractivity (Wildman–Crippen MR) is 81.2 cm³/mol. The predicted octanol–water partition coefficient (Wildman–Crippen LogP) is 2.02. The Bertz CT molecular complexity index is 546. The molecule has 0 unspecified atom stereocenters. The lowest BCUT2D eigenvalue weighted by Gasteiger charge is -2.30. The van der Waals surface area contributed by atoms with Gasteiger partial charge in [0.2, 0.25) is 5.91 Å². The minimum Gasteiger partial charge on any atom is -0.290 e. The van der Waals surface area contributed by atoms with Crippen molar-refractivity contribution in [3.05, 3.63) is 29.3 Å². The Morgan fingerprint density at radius 2 is 1.95 bits per heavy atom. The second-order valence-electron chi connectivity index (χ2n) is 4.92. The first-order chi connectivity index (χ1) is 9.66. The molecule has 2 saturated heterocycles. The number of hydrogen-bond donors (Lipinski definition) is 0. The summed E-state index contributed by atoms with van der Waals surface area (Å²) in [5.41, 5.74) is 0.571. The molecule has 106 valence electrons. The van der Waals surface area contributed by atoms with E-state index in [0.717, 1.165) is 24.6 Å². The van der Waals surface area contributed by atoms with Crippen LogP contribution in [-0.2, 0) is 9.59 Å². The Balaban J connectivity index is 1.83. The van der Waals surface area contributed by atoms with Gasteiger partial charge in [-0.1, -0.05) is 17.7 Å². The molecule has 2 aliphatic rings. The molecular weight excluding hydrogens is 296 g/mol. The van der Waals surface area contributed by atoms with Crippen LogP contribution >= 0.6 is 23.4 Å². The maximum absolute atomic E-state index is 12.5. The standard InChI is InChI=1S/C14H15ClN2O2S/c15-10-2-1-3-11(8-10)17-13(18)9-12(14(17)19)16-4-6-20-7-5-16/h1-3,8,12H,4-7,9H2/t12-/m0/s1. The molecule has 1 atom stereocenters. The topological polar surface area (TPSA) is 40.6 Å². The van der Waals surface area contributed by atoms with Crippen LogP contribution in [0.15, 0.2) is 24.3 Å². The van der Waals surface area contributed by atoms with Gasteiger partial charge >= 0.3 is 0 Å². The molecule has 2 fully saturated rings. The van der Waals surface area contributed by atoms with E-state index in [0.29, 0.717) is 10.7 Å². The number of anilines is 1. The summed E-state index contributed by atoms with van der Waals surface area (Å²) in [6.07, 6.45) is 0.274. The van der Waals surface area contributed by atoms with Crippen molar-refractivity contribution in [3.63, 3.8) is 0 Å². The van der Waals surface area contributed by atoms with Gasteiger partial charge in [-0.25, -0.2) is 4.90 Å². The minimum absolute atomic E-state index is 0.121. The Labute approximate surface area is 127 Å². The van der Waals surface area contributed by atoms with Gasteiger partial charge in [0, 0.05) is 29.6 Å². The van der Waals surface area contributed by atoms with E-state index in [1.807, 2.05) is 11.8 Å². The normalized spacial score (nSPS) is 24.4. The number of carbonyl (C=O) groups is 2. The highest BCUT2D eigenvalue weighted by molar-refractivity contribution is 7.99. The summed E-state index contributed by atoms with van der Waals surface area (Å²) >= 11 is 7.83. The highest BCUT2D eigenvalue weighted by Crippen LogP contribution is 2.28. The van der Waals surface area contributed by atoms with E-state index in [-0.39, 0.29) is 24.3 Å². The molecule has 2 aliphatic heterocycles. The molecule has 0 N–H and O–H groups in total. The SMILES string of the molecule is O=C1C[C@H](N2CCSCC2)C(=O)N1c1cccc(Cl)c1. The van der Waals surface area contributed by atoms with Gasteiger partial charge in [-0.3, -0.25) is 14.5 Å². The Kier molecular flexibility index (Phi) is 4.01. The van der Waals surface area contributed by atoms with Crippen LogP contribution in [0.5, 0.6) is 0 Å². The number of thioether (sulfide) groups is 1. The van der Waals surface area contributed by atoms with Crippen molar-refractivity contribution < 1.29 is 9.59 Å². The van der Waals surface area contributed by atoms with E-state index in [9.17, 15) is 9.59 Å². The third-order valence-corrected chi connectivity index (χ3v) is 4.85. The molecule has 1 aromatic carbocycles. The van der Waals surface area contributed by atoms with Crippen molar-refractivity contribution in [2.45, 2.75) is 12.5 Å². The van der Waals surface area contributed by atoms with Gasteiger partial charge in [-0.15, -0.1) is 0 Å². The van der Waals surface area contributed by atoms with Gasteiger partial charge in [-0.2, -0.15) is 11.8 Å². The smallest absolute Gasteiger partial charge is 0.251 e. The van der Waals surface area contributed by atoms with Crippen LogP contribution in [0.1, 0.15) is 6.42 Å². The molecule has 1 aromatic rings. The van der Waals surface area contributed by atoms with Crippen molar-refractivity contribution >= 4 is 40.9 Å². The number of halogens is 1. The second-order valence-corrected chi connectivity index (χ2v) is 6.58. The summed E-state index contributed by atoms with van der Waals surface area (Å²) in [6, 6.07) is 6.59. The lowest BCUT2D eigenvalue weighted by molar-refractivity contribution is -0.122. The summed E-state index contributed by atoms with van der Waals surface area (Å²) in [4.78, 5) is 28.1. The lowest BCUT2D eigenvalue weighted by atomic mass is 10.2. The van der Waals surface area contributed by atoms with Crippen molar-refractivity contribution in [1.29, 1.82) is 0 Å². The molecule has 0 bridgehead atoms. The van der Waals surface area contributed by atoms with E-state index in [2.05, 4.69) is 4.90 Å². The van der Waals surface area contributed by atoms with Crippen molar-refractivity contribution in [1.82, 2.24) is 4.90 Å². The van der Waals surface area contributed by atoms with E-state index >= 15 is 0 Å². The average Bonchev–Trinajstić information content (AvgIpc) is 2.75. The fraction of sp³-hybridized carbons (Fsp3) is 0.429. The van der Waals surface area contributed by atoms with Crippen molar-refractivity contribution in [3.8, 4) is 0 Å². The first kappa shape index (κ1) is 13.9. The summed E-state index contributed by atoms with van der Waals surface area (Å²) in [5, 5.41) is 0.529. The molecule has 0 aromatic heterocycles. The summed E-state index contributed by atoms with van der Waals surface area (Å²) in [6.45, 7) is 1.75. The third-order valence-electron chi connectivity index (χ3n) is 3.68. The number of amides is 2. The second kappa shape index (κ2) is 5.76. The zero-order valence-electron chi connectivity index (χ0n) is 10.9. The van der Waals surface area contributed by atoms with Gasteiger partial charge in [-0.05, 0) is 18.2 Å². The van der Waals surface area contributed by atoms with Crippen LogP contribution in [0.4, 0.5) is 5.69 Å². The Hall–Kier alpha value is -1.04. The molecule has 0 spiro atoms. The molecule has 3 rings (SSSR count). The minimum atomic E-state index is -0.303. The maximum atomic E-state index is 12.5. The molecule has 0 saturated carbocycles. The van der Waals surface area contributed by atoms with E-state index < -0.39 is 0 Å². The van der Waals surface area contributed by atoms with Crippen LogP contribution in [0.2, 0.25) is 5.02 Å². The summed E-state index contributed by atoms with van der Waals surface area (Å²) in [5.74, 6) is 1.79. The zero-order chi connectivity index (χ0) is 14.1. The average molecular weight is 311 g/mol. The van der Waals surface area contributed by atoms with E-state index in [1.54, 1.807) is 24.3 Å². The molecule has 6 heteroatoms. The monoisotopic (exact) mass is 310 g/mol. The van der Waals surface area contributed by atoms with Crippen LogP contribution < -0.4 is 4.90 Å². The van der Waals surface area contributed by atoms with Crippen molar-refractivity contribution in [2.24, 2.45) is 0 Å². The molecule has 4 nitrogen and oxygen atoms in total. The highest BCUT2D eigenvalue weighted by Gasteiger charge is 2.42. The van der Waals surface area contributed by atoms with Gasteiger partial charge in [0.1, 0.15) is 0 Å². The van der Waals surface area contributed by atoms with Crippen LogP contribution in [0.3, 0.4) is 0 Å². The third kappa shape index (κ3) is 2.57. The highest BCUT2D eigenvalue weighted by atomic mass is 35.5. The van der Waals surface area contributed by atoms with Gasteiger partial charge in [0.25, 0.3) is 5.91 Å². The molecular formula is C14H15ClN2O2S. The zero-order valence-corrected chi connectivity index (χ0v) is 12.5.